The number of benzene rings is 4. The Bertz CT molecular complexity index is 1350. The third-order valence-electron chi connectivity index (χ3n) is 5.85. The molecule has 0 radical (unpaired) electrons. The predicted octanol–water partition coefficient (Wildman–Crippen LogP) is 9.94. The molecule has 4 aromatic carbocycles. The molecule has 0 saturated heterocycles. The fraction of sp³-hybridized carbons (Fsp3) is 0.0769. The molecule has 10 heteroatoms. The van der Waals surface area contributed by atoms with Gasteiger partial charge in [0.25, 0.3) is 0 Å². The summed E-state index contributed by atoms with van der Waals surface area (Å²) in [6, 6.07) is 20.7. The lowest BCUT2D eigenvalue weighted by Gasteiger charge is -2.33. The molecule has 0 heterocycles. The summed E-state index contributed by atoms with van der Waals surface area (Å²) < 4.78 is 4.86. The van der Waals surface area contributed by atoms with Crippen molar-refractivity contribution in [2.24, 2.45) is 0 Å². The number of halogens is 6. The van der Waals surface area contributed by atoms with Gasteiger partial charge in [0.15, 0.2) is 0 Å². The molecule has 3 nitrogen and oxygen atoms in total. The fourth-order valence-corrected chi connectivity index (χ4v) is 10.4. The van der Waals surface area contributed by atoms with Crippen LogP contribution < -0.4 is 0 Å². The van der Waals surface area contributed by atoms with Gasteiger partial charge in [0.1, 0.15) is 17.2 Å². The summed E-state index contributed by atoms with van der Waals surface area (Å²) in [6.07, 6.45) is 0. The molecule has 0 spiro atoms. The zero-order valence-corrected chi connectivity index (χ0v) is 32.1. The molecule has 36 heavy (non-hydrogen) atoms. The highest BCUT2D eigenvalue weighted by Gasteiger charge is 2.33. The highest BCUT2D eigenvalue weighted by Crippen LogP contribution is 2.45. The first-order chi connectivity index (χ1) is 16.9. The van der Waals surface area contributed by atoms with Gasteiger partial charge >= 0.3 is 0 Å². The highest BCUT2D eigenvalue weighted by atomic mass is 127. The summed E-state index contributed by atoms with van der Waals surface area (Å²) >= 11 is 14.7. The largest absolute Gasteiger partial charge is 0.506 e. The van der Waals surface area contributed by atoms with Crippen molar-refractivity contribution in [3.8, 4) is 17.2 Å². The molecule has 0 bridgehead atoms. The van der Waals surface area contributed by atoms with Crippen LogP contribution in [0.25, 0.3) is 0 Å². The van der Waals surface area contributed by atoms with Crippen LogP contribution in [0, 0.1) is 21.4 Å². The first kappa shape index (κ1) is 30.0. The van der Waals surface area contributed by atoms with Crippen LogP contribution in [0.2, 0.25) is 0 Å². The van der Waals surface area contributed by atoms with Gasteiger partial charge in [0, 0.05) is 15.2 Å². The smallest absolute Gasteiger partial charge is 0.142 e. The predicted molar refractivity (Wildman–Crippen MR) is 197 cm³/mol. The van der Waals surface area contributed by atoms with Gasteiger partial charge in [-0.05, 0) is 208 Å². The average molecular weight is 1170 g/mol. The van der Waals surface area contributed by atoms with E-state index in [9.17, 15) is 15.3 Å². The van der Waals surface area contributed by atoms with Gasteiger partial charge in [0.2, 0.25) is 0 Å². The maximum atomic E-state index is 10.4. The molecular weight excluding hydrogens is 1150 g/mol. The zero-order valence-electron chi connectivity index (χ0n) is 18.3. The van der Waals surface area contributed by atoms with Crippen molar-refractivity contribution < 1.29 is 15.3 Å². The third-order valence-corrected chi connectivity index (χ3v) is 11.8. The van der Waals surface area contributed by atoms with E-state index in [2.05, 4.69) is 167 Å². The van der Waals surface area contributed by atoms with E-state index in [4.69, 9.17) is 0 Å². The second-order valence-electron chi connectivity index (χ2n) is 8.06. The highest BCUT2D eigenvalue weighted by molar-refractivity contribution is 14.1. The first-order valence-electron chi connectivity index (χ1n) is 10.2. The average Bonchev–Trinajstić information content (AvgIpc) is 2.83. The third kappa shape index (κ3) is 6.17. The molecule has 0 aromatic heterocycles. The number of rotatable bonds is 5. The number of phenolic OH excluding ortho intramolecular Hbond substituents is 3. The molecule has 0 unspecified atom stereocenters. The van der Waals surface area contributed by atoms with Crippen LogP contribution in [0.15, 0.2) is 70.5 Å². The lowest BCUT2D eigenvalue weighted by atomic mass is 9.71. The maximum absolute atomic E-state index is 10.4. The summed E-state index contributed by atoms with van der Waals surface area (Å²) in [7, 11) is 0. The van der Waals surface area contributed by atoms with Gasteiger partial charge in [-0.3, -0.25) is 0 Å². The van der Waals surface area contributed by atoms with Gasteiger partial charge in [-0.25, -0.2) is 0 Å². The van der Waals surface area contributed by atoms with Gasteiger partial charge in [-0.15, -0.1) is 0 Å². The number of hydrogen-bond donors (Lipinski definition) is 3. The molecule has 4 aromatic rings. The van der Waals surface area contributed by atoms with Crippen molar-refractivity contribution in [2.75, 3.05) is 0 Å². The zero-order chi connectivity index (χ0) is 26.4. The minimum Gasteiger partial charge on any atom is -0.506 e. The Hall–Kier alpha value is 1.01. The van der Waals surface area contributed by atoms with E-state index >= 15 is 0 Å². The Kier molecular flexibility index (Phi) is 10.2. The van der Waals surface area contributed by atoms with Gasteiger partial charge < -0.3 is 15.3 Å². The molecule has 0 amide bonds. The molecule has 0 fully saturated rings. The SMILES string of the molecule is CC(c1ccc(Sc2cc(I)c(O)c(I)c2)cc1)(c1cc(I)c(O)c(I)c1)c1cc(I)c(O)c(I)c1. The van der Waals surface area contributed by atoms with Crippen LogP contribution in [0.4, 0.5) is 0 Å². The van der Waals surface area contributed by atoms with Gasteiger partial charge in [0.05, 0.1) is 21.4 Å². The molecule has 0 aliphatic heterocycles. The molecule has 0 atom stereocenters. The standard InChI is InChI=1S/C26H16I6O3S/c1-26(13-6-17(27)23(33)18(28)7-13,14-8-19(29)24(34)20(30)9-14)12-2-4-15(5-3-12)36-16-10-21(31)25(35)22(32)11-16/h2-11,33-35H,1H3. The number of aromatic hydroxyl groups is 3. The normalized spacial score (nSPS) is 11.6. The van der Waals surface area contributed by atoms with Gasteiger partial charge in [-0.1, -0.05) is 23.9 Å². The van der Waals surface area contributed by atoms with E-state index in [1.54, 1.807) is 11.8 Å². The van der Waals surface area contributed by atoms with Crippen LogP contribution in [-0.4, -0.2) is 15.3 Å². The first-order valence-corrected chi connectivity index (χ1v) is 17.5. The lowest BCUT2D eigenvalue weighted by Crippen LogP contribution is -2.26. The van der Waals surface area contributed by atoms with Crippen molar-refractivity contribution in [3.63, 3.8) is 0 Å². The van der Waals surface area contributed by atoms with E-state index in [1.807, 2.05) is 36.4 Å². The van der Waals surface area contributed by atoms with Crippen molar-refractivity contribution in [3.05, 3.63) is 98.8 Å². The van der Waals surface area contributed by atoms with E-state index in [0.29, 0.717) is 17.2 Å². The number of hydrogen-bond acceptors (Lipinski definition) is 4. The Morgan fingerprint density at radius 1 is 0.500 bits per heavy atom. The van der Waals surface area contributed by atoms with Crippen LogP contribution >= 0.6 is 147 Å². The Morgan fingerprint density at radius 2 is 0.833 bits per heavy atom. The molecule has 4 rings (SSSR count). The summed E-state index contributed by atoms with van der Waals surface area (Å²) in [5, 5.41) is 30.9. The minimum atomic E-state index is -0.520. The Labute approximate surface area is 295 Å². The molecule has 186 valence electrons. The summed E-state index contributed by atoms with van der Waals surface area (Å²) in [6.45, 7) is 2.19. The summed E-state index contributed by atoms with van der Waals surface area (Å²) in [5.74, 6) is 0.909. The van der Waals surface area contributed by atoms with Crippen molar-refractivity contribution in [2.45, 2.75) is 22.1 Å². The van der Waals surface area contributed by atoms with Crippen LogP contribution in [-0.2, 0) is 5.41 Å². The quantitative estimate of drug-likeness (QED) is 0.138. The lowest BCUT2D eigenvalue weighted by molar-refractivity contribution is 0.466. The second kappa shape index (κ2) is 12.3. The van der Waals surface area contributed by atoms with E-state index in [0.717, 1.165) is 47.9 Å². The van der Waals surface area contributed by atoms with Crippen LogP contribution in [0.3, 0.4) is 0 Å². The summed E-state index contributed by atoms with van der Waals surface area (Å²) in [4.78, 5) is 2.17. The monoisotopic (exact) mass is 1170 g/mol. The Morgan fingerprint density at radius 3 is 1.19 bits per heavy atom. The Balaban J connectivity index is 1.83. The van der Waals surface area contributed by atoms with Crippen molar-refractivity contribution in [1.82, 2.24) is 0 Å². The minimum absolute atomic E-state index is 0.294. The molecule has 3 N–H and O–H groups in total. The summed E-state index contributed by atoms with van der Waals surface area (Å²) in [5.41, 5.74) is 2.72. The maximum Gasteiger partial charge on any atom is 0.142 e. The second-order valence-corrected chi connectivity index (χ2v) is 16.2. The van der Waals surface area contributed by atoms with Crippen LogP contribution in [0.5, 0.6) is 17.2 Å². The molecule has 0 saturated carbocycles. The fourth-order valence-electron chi connectivity index (χ4n) is 3.80. The van der Waals surface area contributed by atoms with E-state index in [1.165, 1.54) is 0 Å². The van der Waals surface area contributed by atoms with E-state index < -0.39 is 5.41 Å². The molecular formula is C26H16I6O3S. The number of phenols is 3. The van der Waals surface area contributed by atoms with Gasteiger partial charge in [-0.2, -0.15) is 0 Å². The van der Waals surface area contributed by atoms with Crippen molar-refractivity contribution in [1.29, 1.82) is 0 Å². The van der Waals surface area contributed by atoms with Crippen LogP contribution in [0.1, 0.15) is 23.6 Å². The van der Waals surface area contributed by atoms with Crippen molar-refractivity contribution >= 4 is 147 Å². The van der Waals surface area contributed by atoms with E-state index in [-0.39, 0.29) is 0 Å². The molecule has 0 aliphatic carbocycles. The topological polar surface area (TPSA) is 60.7 Å². The molecule has 0 aliphatic rings.